The molecule has 0 radical (unpaired) electrons. The zero-order chi connectivity index (χ0) is 10.7. The topological polar surface area (TPSA) is 48.8 Å². The van der Waals surface area contributed by atoms with Gasteiger partial charge in [0.2, 0.25) is 0 Å². The number of rotatable bonds is 2. The predicted octanol–water partition coefficient (Wildman–Crippen LogP) is 3.48. The van der Waals surface area contributed by atoms with Crippen LogP contribution in [0.15, 0.2) is 17.2 Å². The van der Waals surface area contributed by atoms with Gasteiger partial charge in [-0.2, -0.15) is 0 Å². The fraction of sp³-hybridized carbons (Fsp3) is 0.250. The van der Waals surface area contributed by atoms with Crippen molar-refractivity contribution in [1.82, 2.24) is 0 Å². The standard InChI is InChI=1S/C8H6F3N3/c1-4(13-14-12)5-2-6(9)8(11)7(10)3-5/h2-4H,1H3. The summed E-state index contributed by atoms with van der Waals surface area (Å²) in [5, 5.41) is 3.23. The van der Waals surface area contributed by atoms with E-state index >= 15 is 0 Å². The lowest BCUT2D eigenvalue weighted by Gasteiger charge is -2.05. The molecule has 0 N–H and O–H groups in total. The first-order chi connectivity index (χ1) is 6.56. The molecule has 1 aromatic carbocycles. The van der Waals surface area contributed by atoms with Gasteiger partial charge in [0.1, 0.15) is 0 Å². The molecular formula is C8H6F3N3. The van der Waals surface area contributed by atoms with Crippen LogP contribution in [0.3, 0.4) is 0 Å². The zero-order valence-corrected chi connectivity index (χ0v) is 7.21. The van der Waals surface area contributed by atoms with Gasteiger partial charge in [-0.05, 0) is 23.2 Å². The summed E-state index contributed by atoms with van der Waals surface area (Å²) in [7, 11) is 0. The van der Waals surface area contributed by atoms with Gasteiger partial charge in [0.15, 0.2) is 17.5 Å². The molecule has 74 valence electrons. The first-order valence-electron chi connectivity index (χ1n) is 3.75. The molecule has 0 heterocycles. The summed E-state index contributed by atoms with van der Waals surface area (Å²) < 4.78 is 37.9. The minimum absolute atomic E-state index is 0.0965. The maximum Gasteiger partial charge on any atom is 0.194 e. The van der Waals surface area contributed by atoms with E-state index in [0.717, 1.165) is 12.1 Å². The van der Waals surface area contributed by atoms with E-state index in [1.165, 1.54) is 6.92 Å². The number of benzene rings is 1. The molecule has 0 aliphatic rings. The van der Waals surface area contributed by atoms with Crippen molar-refractivity contribution in [2.45, 2.75) is 13.0 Å². The highest BCUT2D eigenvalue weighted by Crippen LogP contribution is 2.21. The van der Waals surface area contributed by atoms with Crippen molar-refractivity contribution in [3.05, 3.63) is 45.6 Å². The first kappa shape index (κ1) is 10.4. The van der Waals surface area contributed by atoms with Crippen LogP contribution in [0, 0.1) is 17.5 Å². The highest BCUT2D eigenvalue weighted by Gasteiger charge is 2.13. The van der Waals surface area contributed by atoms with Crippen LogP contribution in [0.2, 0.25) is 0 Å². The third kappa shape index (κ3) is 1.97. The SMILES string of the molecule is CC(N=[N+]=[N-])c1cc(F)c(F)c(F)c1. The molecule has 6 heteroatoms. The normalized spacial score (nSPS) is 12.0. The minimum atomic E-state index is -1.53. The molecule has 1 rings (SSSR count). The van der Waals surface area contributed by atoms with E-state index in [0.29, 0.717) is 0 Å². The number of nitrogens with zero attached hydrogens (tertiary/aromatic N) is 3. The Balaban J connectivity index is 3.18. The van der Waals surface area contributed by atoms with Crippen LogP contribution in [0.5, 0.6) is 0 Å². The fourth-order valence-corrected chi connectivity index (χ4v) is 0.960. The lowest BCUT2D eigenvalue weighted by atomic mass is 10.1. The van der Waals surface area contributed by atoms with Gasteiger partial charge in [-0.1, -0.05) is 12.0 Å². The Bertz CT molecular complexity index is 376. The summed E-state index contributed by atoms with van der Waals surface area (Å²) in [6, 6.07) is 0.875. The highest BCUT2D eigenvalue weighted by atomic mass is 19.2. The van der Waals surface area contributed by atoms with Gasteiger partial charge >= 0.3 is 0 Å². The maximum atomic E-state index is 12.7. The monoisotopic (exact) mass is 201 g/mol. The largest absolute Gasteiger partial charge is 0.204 e. The third-order valence-electron chi connectivity index (χ3n) is 1.71. The average molecular weight is 201 g/mol. The molecule has 0 amide bonds. The van der Waals surface area contributed by atoms with E-state index in [1.807, 2.05) is 0 Å². The Morgan fingerprint density at radius 1 is 1.29 bits per heavy atom. The number of hydrogen-bond acceptors (Lipinski definition) is 1. The summed E-state index contributed by atoms with van der Waals surface area (Å²) in [6.07, 6.45) is 0. The molecule has 14 heavy (non-hydrogen) atoms. The van der Waals surface area contributed by atoms with Gasteiger partial charge in [-0.15, -0.1) is 0 Å². The smallest absolute Gasteiger partial charge is 0.194 e. The van der Waals surface area contributed by atoms with Crippen LogP contribution in [0.4, 0.5) is 13.2 Å². The second kappa shape index (κ2) is 4.02. The lowest BCUT2D eigenvalue weighted by Crippen LogP contribution is -1.96. The van der Waals surface area contributed by atoms with Crippen LogP contribution in [-0.2, 0) is 0 Å². The van der Waals surface area contributed by atoms with Crippen LogP contribution < -0.4 is 0 Å². The van der Waals surface area contributed by atoms with Gasteiger partial charge in [-0.25, -0.2) is 13.2 Å². The molecule has 0 spiro atoms. The van der Waals surface area contributed by atoms with Crippen molar-refractivity contribution < 1.29 is 13.2 Å². The molecule has 0 aliphatic carbocycles. The Kier molecular flexibility index (Phi) is 2.99. The van der Waals surface area contributed by atoms with E-state index in [2.05, 4.69) is 10.0 Å². The highest BCUT2D eigenvalue weighted by molar-refractivity contribution is 5.22. The molecule has 0 fully saturated rings. The van der Waals surface area contributed by atoms with Gasteiger partial charge < -0.3 is 0 Å². The van der Waals surface area contributed by atoms with Crippen LogP contribution in [0.25, 0.3) is 10.4 Å². The molecular weight excluding hydrogens is 195 g/mol. The number of azide groups is 1. The summed E-state index contributed by atoms with van der Waals surface area (Å²) in [4.78, 5) is 2.48. The van der Waals surface area contributed by atoms with E-state index < -0.39 is 23.5 Å². The van der Waals surface area contributed by atoms with Gasteiger partial charge in [0.25, 0.3) is 0 Å². The second-order valence-corrected chi connectivity index (χ2v) is 2.68. The van der Waals surface area contributed by atoms with Crippen molar-refractivity contribution in [3.8, 4) is 0 Å². The quantitative estimate of drug-likeness (QED) is 0.304. The Morgan fingerprint density at radius 2 is 1.79 bits per heavy atom. The molecule has 1 atom stereocenters. The van der Waals surface area contributed by atoms with Crippen LogP contribution in [-0.4, -0.2) is 0 Å². The van der Waals surface area contributed by atoms with Gasteiger partial charge in [0.05, 0.1) is 6.04 Å². The fourth-order valence-electron chi connectivity index (χ4n) is 0.960. The van der Waals surface area contributed by atoms with Gasteiger partial charge in [0, 0.05) is 4.91 Å². The van der Waals surface area contributed by atoms with Crippen molar-refractivity contribution in [2.24, 2.45) is 5.11 Å². The molecule has 0 saturated heterocycles. The van der Waals surface area contributed by atoms with Crippen LogP contribution in [0.1, 0.15) is 18.5 Å². The van der Waals surface area contributed by atoms with Crippen molar-refractivity contribution in [1.29, 1.82) is 0 Å². The van der Waals surface area contributed by atoms with Gasteiger partial charge in [-0.3, -0.25) is 0 Å². The summed E-state index contributed by atoms with van der Waals surface area (Å²) in [5.74, 6) is -4.11. The van der Waals surface area contributed by atoms with E-state index in [9.17, 15) is 13.2 Å². The summed E-state index contributed by atoms with van der Waals surface area (Å²) in [5.41, 5.74) is 8.18. The Hall–Kier alpha value is -1.68. The van der Waals surface area contributed by atoms with E-state index in [1.54, 1.807) is 0 Å². The second-order valence-electron chi connectivity index (χ2n) is 2.68. The number of hydrogen-bond donors (Lipinski definition) is 0. The van der Waals surface area contributed by atoms with Crippen LogP contribution >= 0.6 is 0 Å². The molecule has 1 aromatic rings. The third-order valence-corrected chi connectivity index (χ3v) is 1.71. The average Bonchev–Trinajstić information content (AvgIpc) is 2.13. The van der Waals surface area contributed by atoms with E-state index in [4.69, 9.17) is 5.53 Å². The molecule has 0 saturated carbocycles. The first-order valence-corrected chi connectivity index (χ1v) is 3.75. The molecule has 3 nitrogen and oxygen atoms in total. The number of halogens is 3. The maximum absolute atomic E-state index is 12.7. The zero-order valence-electron chi connectivity index (χ0n) is 7.21. The molecule has 0 aromatic heterocycles. The Morgan fingerprint density at radius 3 is 2.21 bits per heavy atom. The summed E-state index contributed by atoms with van der Waals surface area (Å²) >= 11 is 0. The lowest BCUT2D eigenvalue weighted by molar-refractivity contribution is 0.444. The molecule has 0 bridgehead atoms. The molecule has 0 aliphatic heterocycles. The predicted molar refractivity (Wildman–Crippen MR) is 43.9 cm³/mol. The molecule has 1 unspecified atom stereocenters. The van der Waals surface area contributed by atoms with Crippen molar-refractivity contribution >= 4 is 0 Å². The van der Waals surface area contributed by atoms with Crippen molar-refractivity contribution in [2.75, 3.05) is 0 Å². The van der Waals surface area contributed by atoms with Crippen molar-refractivity contribution in [3.63, 3.8) is 0 Å². The summed E-state index contributed by atoms with van der Waals surface area (Å²) in [6.45, 7) is 1.45. The Labute approximate surface area is 77.8 Å². The minimum Gasteiger partial charge on any atom is -0.204 e. The van der Waals surface area contributed by atoms with E-state index in [-0.39, 0.29) is 5.56 Å².